The van der Waals surface area contributed by atoms with Crippen LogP contribution in [-0.4, -0.2) is 49.7 Å². The normalized spacial score (nSPS) is 14.9. The summed E-state index contributed by atoms with van der Waals surface area (Å²) >= 11 is 0. The zero-order chi connectivity index (χ0) is 23.5. The van der Waals surface area contributed by atoms with Crippen molar-refractivity contribution in [2.45, 2.75) is 45.3 Å². The fourth-order valence-corrected chi connectivity index (χ4v) is 5.13. The first-order valence-corrected chi connectivity index (χ1v) is 11.7. The first-order valence-electron chi connectivity index (χ1n) is 11.7. The number of hydrogen-bond acceptors (Lipinski definition) is 4. The van der Waals surface area contributed by atoms with E-state index in [0.29, 0.717) is 24.5 Å². The standard InChI is InChI=1S/C28H34N2O3.2ClH/c1-6-27(29(3)19(2)23-13-9-11-20-10-7-8-12-24(20)23)30-15-14-21-16-25(32-4)26(33-5)17-22(21)18-28(30)31;;/h7-13,16-17,19,27H,6,14-15,18H2,1-5H3;2*1H. The number of benzene rings is 3. The molecule has 2 atom stereocenters. The van der Waals surface area contributed by atoms with Crippen LogP contribution in [0, 0.1) is 0 Å². The molecule has 0 radical (unpaired) electrons. The summed E-state index contributed by atoms with van der Waals surface area (Å²) in [6.07, 6.45) is 2.06. The minimum Gasteiger partial charge on any atom is -0.493 e. The van der Waals surface area contributed by atoms with Crippen LogP contribution >= 0.6 is 24.8 Å². The molecule has 0 saturated heterocycles. The van der Waals surface area contributed by atoms with Crippen LogP contribution in [0.2, 0.25) is 0 Å². The molecule has 190 valence electrons. The van der Waals surface area contributed by atoms with Crippen molar-refractivity contribution in [3.63, 3.8) is 0 Å². The van der Waals surface area contributed by atoms with Gasteiger partial charge in [0.25, 0.3) is 0 Å². The summed E-state index contributed by atoms with van der Waals surface area (Å²) in [4.78, 5) is 17.8. The van der Waals surface area contributed by atoms with Crippen molar-refractivity contribution in [3.8, 4) is 11.5 Å². The summed E-state index contributed by atoms with van der Waals surface area (Å²) in [5.74, 6) is 1.54. The van der Waals surface area contributed by atoms with Crippen LogP contribution in [-0.2, 0) is 17.6 Å². The summed E-state index contributed by atoms with van der Waals surface area (Å²) in [7, 11) is 5.42. The number of amides is 1. The molecule has 7 heteroatoms. The number of hydrogen-bond donors (Lipinski definition) is 0. The fourth-order valence-electron chi connectivity index (χ4n) is 5.13. The Morgan fingerprint density at radius 1 is 0.971 bits per heavy atom. The molecule has 0 aliphatic carbocycles. The molecule has 0 saturated carbocycles. The molecule has 0 spiro atoms. The zero-order valence-corrected chi connectivity index (χ0v) is 22.7. The van der Waals surface area contributed by atoms with Crippen LogP contribution in [0.5, 0.6) is 11.5 Å². The summed E-state index contributed by atoms with van der Waals surface area (Å²) in [6.45, 7) is 5.08. The molecule has 2 unspecified atom stereocenters. The van der Waals surface area contributed by atoms with Crippen LogP contribution in [0.25, 0.3) is 10.8 Å². The van der Waals surface area contributed by atoms with E-state index in [4.69, 9.17) is 9.47 Å². The molecule has 0 bridgehead atoms. The second kappa shape index (κ2) is 12.5. The Hall–Kier alpha value is -2.47. The van der Waals surface area contributed by atoms with Crippen LogP contribution in [0.1, 0.15) is 43.0 Å². The van der Waals surface area contributed by atoms with Gasteiger partial charge in [0.15, 0.2) is 11.5 Å². The lowest BCUT2D eigenvalue weighted by atomic mass is 9.98. The van der Waals surface area contributed by atoms with Gasteiger partial charge in [0, 0.05) is 12.6 Å². The lowest BCUT2D eigenvalue weighted by Gasteiger charge is -2.40. The number of methoxy groups -OCH3 is 2. The molecule has 1 aliphatic heterocycles. The Kier molecular flexibility index (Phi) is 10.3. The molecular weight excluding hydrogens is 483 g/mol. The Morgan fingerprint density at radius 3 is 2.26 bits per heavy atom. The Morgan fingerprint density at radius 2 is 1.60 bits per heavy atom. The fraction of sp³-hybridized carbons (Fsp3) is 0.393. The van der Waals surface area contributed by atoms with E-state index in [2.05, 4.69) is 73.2 Å². The predicted octanol–water partition coefficient (Wildman–Crippen LogP) is 6.06. The van der Waals surface area contributed by atoms with E-state index in [1.165, 1.54) is 16.3 Å². The number of rotatable bonds is 7. The Bertz CT molecular complexity index is 1150. The highest BCUT2D eigenvalue weighted by Crippen LogP contribution is 2.34. The van der Waals surface area contributed by atoms with Gasteiger partial charge < -0.3 is 14.4 Å². The molecule has 3 aromatic rings. The van der Waals surface area contributed by atoms with Gasteiger partial charge in [-0.3, -0.25) is 9.69 Å². The van der Waals surface area contributed by atoms with Crippen molar-refractivity contribution in [1.29, 1.82) is 0 Å². The zero-order valence-electron chi connectivity index (χ0n) is 21.1. The van der Waals surface area contributed by atoms with Gasteiger partial charge in [-0.1, -0.05) is 49.4 Å². The van der Waals surface area contributed by atoms with Crippen molar-refractivity contribution in [1.82, 2.24) is 9.80 Å². The molecule has 1 aliphatic rings. The van der Waals surface area contributed by atoms with Crippen molar-refractivity contribution < 1.29 is 14.3 Å². The third-order valence-electron chi connectivity index (χ3n) is 7.07. The van der Waals surface area contributed by atoms with Gasteiger partial charge in [-0.15, -0.1) is 24.8 Å². The van der Waals surface area contributed by atoms with E-state index in [0.717, 1.165) is 24.0 Å². The maximum Gasteiger partial charge on any atom is 0.228 e. The number of carbonyl (C=O) groups is 1. The average molecular weight is 520 g/mol. The van der Waals surface area contributed by atoms with E-state index in [9.17, 15) is 4.79 Å². The van der Waals surface area contributed by atoms with Gasteiger partial charge in [0.05, 0.1) is 26.8 Å². The lowest BCUT2D eigenvalue weighted by molar-refractivity contribution is -0.137. The molecule has 0 N–H and O–H groups in total. The van der Waals surface area contributed by atoms with Crippen molar-refractivity contribution in [2.24, 2.45) is 0 Å². The van der Waals surface area contributed by atoms with E-state index in [1.807, 2.05) is 12.1 Å². The second-order valence-corrected chi connectivity index (χ2v) is 8.79. The summed E-state index contributed by atoms with van der Waals surface area (Å²) in [5, 5.41) is 2.51. The molecular formula is C28H36Cl2N2O3. The molecule has 0 fully saturated rings. The molecule has 4 rings (SSSR count). The summed E-state index contributed by atoms with van der Waals surface area (Å²) in [5.41, 5.74) is 3.47. The highest BCUT2D eigenvalue weighted by atomic mass is 35.5. The van der Waals surface area contributed by atoms with Gasteiger partial charge in [0.1, 0.15) is 0 Å². The van der Waals surface area contributed by atoms with Gasteiger partial charge in [-0.25, -0.2) is 0 Å². The minimum atomic E-state index is 0. The third-order valence-corrected chi connectivity index (χ3v) is 7.07. The van der Waals surface area contributed by atoms with Crippen LogP contribution in [0.4, 0.5) is 0 Å². The Labute approximate surface area is 221 Å². The second-order valence-electron chi connectivity index (χ2n) is 8.79. The smallest absolute Gasteiger partial charge is 0.228 e. The van der Waals surface area contributed by atoms with Gasteiger partial charge in [-0.2, -0.15) is 0 Å². The van der Waals surface area contributed by atoms with Crippen molar-refractivity contribution in [2.75, 3.05) is 27.8 Å². The third kappa shape index (κ3) is 5.69. The summed E-state index contributed by atoms with van der Waals surface area (Å²) < 4.78 is 11.0. The highest BCUT2D eigenvalue weighted by Gasteiger charge is 2.31. The maximum atomic E-state index is 13.4. The first-order chi connectivity index (χ1) is 16.0. The van der Waals surface area contributed by atoms with Gasteiger partial charge in [0.2, 0.25) is 5.91 Å². The van der Waals surface area contributed by atoms with Crippen LogP contribution in [0.15, 0.2) is 54.6 Å². The maximum absolute atomic E-state index is 13.4. The summed E-state index contributed by atoms with van der Waals surface area (Å²) in [6, 6.07) is 19.1. The average Bonchev–Trinajstić information content (AvgIpc) is 3.00. The molecule has 0 aromatic heterocycles. The van der Waals surface area contributed by atoms with Crippen molar-refractivity contribution in [3.05, 3.63) is 71.3 Å². The molecule has 1 heterocycles. The van der Waals surface area contributed by atoms with Crippen LogP contribution in [0.3, 0.4) is 0 Å². The number of ether oxygens (including phenoxy) is 2. The predicted molar refractivity (Wildman–Crippen MR) is 147 cm³/mol. The molecule has 1 amide bonds. The van der Waals surface area contributed by atoms with Crippen LogP contribution < -0.4 is 9.47 Å². The largest absolute Gasteiger partial charge is 0.493 e. The number of halogens is 2. The molecule has 35 heavy (non-hydrogen) atoms. The topological polar surface area (TPSA) is 42.0 Å². The van der Waals surface area contributed by atoms with E-state index >= 15 is 0 Å². The van der Waals surface area contributed by atoms with E-state index < -0.39 is 0 Å². The first kappa shape index (κ1) is 28.8. The Balaban J connectivity index is 0.00000216. The molecule has 5 nitrogen and oxygen atoms in total. The minimum absolute atomic E-state index is 0. The highest BCUT2D eigenvalue weighted by molar-refractivity contribution is 5.86. The SMILES string of the molecule is CCC(N1CCc2cc(OC)c(OC)cc2CC1=O)N(C)C(C)c1cccc2ccccc12.Cl.Cl. The van der Waals surface area contributed by atoms with Gasteiger partial charge in [-0.05, 0) is 66.4 Å². The van der Waals surface area contributed by atoms with Gasteiger partial charge >= 0.3 is 0 Å². The lowest BCUT2D eigenvalue weighted by Crippen LogP contribution is -2.50. The quantitative estimate of drug-likeness (QED) is 0.381. The monoisotopic (exact) mass is 518 g/mol. The number of fused-ring (bicyclic) bond motifs is 2. The van der Waals surface area contributed by atoms with Crippen molar-refractivity contribution >= 4 is 41.5 Å². The van der Waals surface area contributed by atoms with E-state index in [-0.39, 0.29) is 42.9 Å². The van der Waals surface area contributed by atoms with E-state index in [1.54, 1.807) is 14.2 Å². The number of nitrogens with zero attached hydrogens (tertiary/aromatic N) is 2. The number of carbonyl (C=O) groups excluding carboxylic acids is 1. The molecule has 3 aromatic carbocycles.